The number of piperazine rings is 1. The molecule has 23 heavy (non-hydrogen) atoms. The van der Waals surface area contributed by atoms with Crippen LogP contribution in [0, 0.1) is 13.8 Å². The minimum Gasteiger partial charge on any atom is -0.377 e. The van der Waals surface area contributed by atoms with Gasteiger partial charge in [0.1, 0.15) is 5.76 Å². The molecular weight excluding hydrogens is 294 g/mol. The maximum atomic E-state index is 12.4. The highest BCUT2D eigenvalue weighted by molar-refractivity contribution is 5.76. The molecule has 2 saturated heterocycles. The number of amides is 1. The number of carbonyl (C=O) groups excluding carboxylic acids is 1. The number of hydrogen-bond donors (Lipinski definition) is 0. The van der Waals surface area contributed by atoms with Crippen LogP contribution in [-0.4, -0.2) is 66.3 Å². The summed E-state index contributed by atoms with van der Waals surface area (Å²) in [5.74, 6) is 1.07. The molecule has 1 aromatic heterocycles. The van der Waals surface area contributed by atoms with E-state index in [1.165, 1.54) is 12.8 Å². The highest BCUT2D eigenvalue weighted by Crippen LogP contribution is 2.17. The summed E-state index contributed by atoms with van der Waals surface area (Å²) < 4.78 is 10.9. The fourth-order valence-corrected chi connectivity index (χ4v) is 3.51. The van der Waals surface area contributed by atoms with Crippen LogP contribution in [0.5, 0.6) is 0 Å². The van der Waals surface area contributed by atoms with Crippen molar-refractivity contribution in [2.24, 2.45) is 0 Å². The van der Waals surface area contributed by atoms with Crippen LogP contribution in [0.4, 0.5) is 0 Å². The lowest BCUT2D eigenvalue weighted by Gasteiger charge is -2.35. The van der Waals surface area contributed by atoms with Crippen LogP contribution in [0.15, 0.2) is 4.52 Å². The van der Waals surface area contributed by atoms with E-state index in [9.17, 15) is 4.79 Å². The Morgan fingerprint density at radius 2 is 2.04 bits per heavy atom. The number of ether oxygens (including phenoxy) is 1. The predicted octanol–water partition coefficient (Wildman–Crippen LogP) is 1.55. The van der Waals surface area contributed by atoms with E-state index in [2.05, 4.69) is 10.1 Å². The monoisotopic (exact) mass is 321 g/mol. The molecule has 6 nitrogen and oxygen atoms in total. The maximum absolute atomic E-state index is 12.4. The minimum absolute atomic E-state index is 0.238. The molecule has 1 amide bonds. The van der Waals surface area contributed by atoms with Crippen molar-refractivity contribution in [2.75, 3.05) is 39.3 Å². The van der Waals surface area contributed by atoms with Gasteiger partial charge in [-0.15, -0.1) is 0 Å². The summed E-state index contributed by atoms with van der Waals surface area (Å²) in [6.45, 7) is 9.32. The Balaban J connectivity index is 1.41. The summed E-state index contributed by atoms with van der Waals surface area (Å²) in [6, 6.07) is 0. The predicted molar refractivity (Wildman–Crippen MR) is 86.3 cm³/mol. The largest absolute Gasteiger partial charge is 0.377 e. The lowest BCUT2D eigenvalue weighted by Crippen LogP contribution is -2.50. The summed E-state index contributed by atoms with van der Waals surface area (Å²) in [5, 5.41) is 3.95. The first-order valence-corrected chi connectivity index (χ1v) is 8.67. The van der Waals surface area contributed by atoms with Gasteiger partial charge in [0, 0.05) is 51.3 Å². The first-order chi connectivity index (χ1) is 11.1. The summed E-state index contributed by atoms with van der Waals surface area (Å²) in [6.07, 6.45) is 4.02. The van der Waals surface area contributed by atoms with Crippen LogP contribution in [0.1, 0.15) is 36.3 Å². The molecule has 6 heteroatoms. The van der Waals surface area contributed by atoms with Gasteiger partial charge in [-0.05, 0) is 33.1 Å². The molecule has 3 rings (SSSR count). The van der Waals surface area contributed by atoms with Gasteiger partial charge >= 0.3 is 0 Å². The van der Waals surface area contributed by atoms with Gasteiger partial charge in [0.05, 0.1) is 11.8 Å². The van der Waals surface area contributed by atoms with Gasteiger partial charge in [0.2, 0.25) is 5.91 Å². The van der Waals surface area contributed by atoms with E-state index in [0.29, 0.717) is 12.5 Å². The Hall–Kier alpha value is -1.40. The van der Waals surface area contributed by atoms with Crippen molar-refractivity contribution in [3.05, 3.63) is 17.0 Å². The average molecular weight is 321 g/mol. The van der Waals surface area contributed by atoms with E-state index in [1.807, 2.05) is 18.7 Å². The SMILES string of the molecule is Cc1noc(C)c1CCC(=O)N1CCN(C[C@H]2CCCO2)CC1. The standard InChI is InChI=1S/C17H27N3O3/c1-13-16(14(2)23-18-13)5-6-17(21)20-9-7-19(8-10-20)12-15-4-3-11-22-15/h15H,3-12H2,1-2H3/t15-/m1/s1. The van der Waals surface area contributed by atoms with Crippen LogP contribution in [0.25, 0.3) is 0 Å². The fraction of sp³-hybridized carbons (Fsp3) is 0.765. The third-order valence-corrected chi connectivity index (χ3v) is 4.98. The number of aryl methyl sites for hydroxylation is 2. The van der Waals surface area contributed by atoms with Crippen molar-refractivity contribution < 1.29 is 14.1 Å². The van der Waals surface area contributed by atoms with E-state index in [0.717, 1.165) is 62.8 Å². The molecule has 0 radical (unpaired) electrons. The fourth-order valence-electron chi connectivity index (χ4n) is 3.51. The summed E-state index contributed by atoms with van der Waals surface area (Å²) in [5.41, 5.74) is 1.98. The van der Waals surface area contributed by atoms with Crippen LogP contribution in [0.3, 0.4) is 0 Å². The molecule has 0 saturated carbocycles. The molecule has 0 aliphatic carbocycles. The first-order valence-electron chi connectivity index (χ1n) is 8.67. The topological polar surface area (TPSA) is 58.8 Å². The van der Waals surface area contributed by atoms with E-state index in [1.54, 1.807) is 0 Å². The van der Waals surface area contributed by atoms with E-state index >= 15 is 0 Å². The Morgan fingerprint density at radius 3 is 2.65 bits per heavy atom. The molecule has 0 unspecified atom stereocenters. The van der Waals surface area contributed by atoms with Crippen molar-refractivity contribution >= 4 is 5.91 Å². The maximum Gasteiger partial charge on any atom is 0.222 e. The Bertz CT molecular complexity index is 510. The highest BCUT2D eigenvalue weighted by Gasteiger charge is 2.25. The van der Waals surface area contributed by atoms with E-state index in [4.69, 9.17) is 9.26 Å². The molecule has 1 aromatic rings. The molecule has 2 aliphatic rings. The molecule has 0 bridgehead atoms. The van der Waals surface area contributed by atoms with Gasteiger partial charge in [0.25, 0.3) is 0 Å². The first kappa shape index (κ1) is 16.5. The Labute approximate surface area is 137 Å². The summed E-state index contributed by atoms with van der Waals surface area (Å²) >= 11 is 0. The van der Waals surface area contributed by atoms with Crippen LogP contribution < -0.4 is 0 Å². The summed E-state index contributed by atoms with van der Waals surface area (Å²) in [4.78, 5) is 16.8. The number of aromatic nitrogens is 1. The molecular formula is C17H27N3O3. The molecule has 3 heterocycles. The van der Waals surface area contributed by atoms with Crippen LogP contribution >= 0.6 is 0 Å². The normalized spacial score (nSPS) is 22.7. The zero-order valence-corrected chi connectivity index (χ0v) is 14.2. The second-order valence-corrected chi connectivity index (χ2v) is 6.62. The molecule has 2 fully saturated rings. The Morgan fingerprint density at radius 1 is 1.26 bits per heavy atom. The lowest BCUT2D eigenvalue weighted by molar-refractivity contribution is -0.133. The van der Waals surface area contributed by atoms with Crippen molar-refractivity contribution in [3.63, 3.8) is 0 Å². The van der Waals surface area contributed by atoms with Crippen molar-refractivity contribution in [2.45, 2.75) is 45.6 Å². The van der Waals surface area contributed by atoms with Crippen molar-refractivity contribution in [3.8, 4) is 0 Å². The third kappa shape index (κ3) is 4.12. The number of carbonyl (C=O) groups is 1. The smallest absolute Gasteiger partial charge is 0.222 e. The van der Waals surface area contributed by atoms with Gasteiger partial charge in [0.15, 0.2) is 0 Å². The van der Waals surface area contributed by atoms with E-state index < -0.39 is 0 Å². The second-order valence-electron chi connectivity index (χ2n) is 6.62. The highest BCUT2D eigenvalue weighted by atomic mass is 16.5. The van der Waals surface area contributed by atoms with Gasteiger partial charge in [-0.2, -0.15) is 0 Å². The molecule has 128 valence electrons. The average Bonchev–Trinajstić information content (AvgIpc) is 3.17. The van der Waals surface area contributed by atoms with Crippen LogP contribution in [0.2, 0.25) is 0 Å². The molecule has 0 aromatic carbocycles. The molecule has 2 aliphatic heterocycles. The number of nitrogens with zero attached hydrogens (tertiary/aromatic N) is 3. The molecule has 0 spiro atoms. The van der Waals surface area contributed by atoms with Gasteiger partial charge < -0.3 is 14.2 Å². The Kier molecular flexibility index (Phi) is 5.33. The van der Waals surface area contributed by atoms with E-state index in [-0.39, 0.29) is 5.91 Å². The van der Waals surface area contributed by atoms with Gasteiger partial charge in [-0.3, -0.25) is 9.69 Å². The number of rotatable bonds is 5. The molecule has 0 N–H and O–H groups in total. The van der Waals surface area contributed by atoms with Gasteiger partial charge in [-0.25, -0.2) is 0 Å². The summed E-state index contributed by atoms with van der Waals surface area (Å²) in [7, 11) is 0. The third-order valence-electron chi connectivity index (χ3n) is 4.98. The quantitative estimate of drug-likeness (QED) is 0.823. The molecule has 1 atom stereocenters. The van der Waals surface area contributed by atoms with Gasteiger partial charge in [-0.1, -0.05) is 5.16 Å². The number of hydrogen-bond acceptors (Lipinski definition) is 5. The second kappa shape index (κ2) is 7.45. The lowest BCUT2D eigenvalue weighted by atomic mass is 10.1. The minimum atomic E-state index is 0.238. The zero-order chi connectivity index (χ0) is 16.2. The van der Waals surface area contributed by atoms with Crippen molar-refractivity contribution in [1.29, 1.82) is 0 Å². The van der Waals surface area contributed by atoms with Crippen LogP contribution in [-0.2, 0) is 16.0 Å². The zero-order valence-electron chi connectivity index (χ0n) is 14.2. The van der Waals surface area contributed by atoms with Crippen molar-refractivity contribution in [1.82, 2.24) is 15.0 Å².